The molecular formula is C105H110N22O8. The van der Waals surface area contributed by atoms with Crippen molar-refractivity contribution in [3.05, 3.63) is 410 Å². The first kappa shape index (κ1) is 91.7. The van der Waals surface area contributed by atoms with Crippen molar-refractivity contribution in [2.45, 2.75) is 117 Å². The Balaban J connectivity index is 0.000000125. The number of hydrogen-bond donors (Lipinski definition) is 8. The molecule has 30 nitrogen and oxygen atoms in total. The fourth-order valence-corrected chi connectivity index (χ4v) is 18.1. The number of aryl methyl sites for hydroxylation is 1. The first-order valence-corrected chi connectivity index (χ1v) is 45.9. The lowest BCUT2D eigenvalue weighted by Crippen LogP contribution is -2.37. The van der Waals surface area contributed by atoms with Gasteiger partial charge >= 0.3 is 0 Å². The molecule has 688 valence electrons. The van der Waals surface area contributed by atoms with E-state index in [1.54, 1.807) is 25.1 Å². The van der Waals surface area contributed by atoms with Crippen LogP contribution < -0.4 is 21.3 Å². The Bertz CT molecular complexity index is 6600. The zero-order chi connectivity index (χ0) is 92.8. The van der Waals surface area contributed by atoms with E-state index in [4.69, 9.17) is 0 Å². The smallest absolute Gasteiger partial charge is 0.275 e. The third kappa shape index (κ3) is 22.4. The van der Waals surface area contributed by atoms with Gasteiger partial charge in [0.05, 0.1) is 63.4 Å². The van der Waals surface area contributed by atoms with Gasteiger partial charge in [-0.3, -0.25) is 62.5 Å². The van der Waals surface area contributed by atoms with Crippen molar-refractivity contribution in [3.8, 4) is 11.5 Å². The largest absolute Gasteiger partial charge is 0.394 e. The molecule has 135 heavy (non-hydrogen) atoms. The number of amides is 5. The molecule has 16 aromatic rings. The number of aliphatic hydroxyl groups excluding tert-OH is 3. The molecule has 0 unspecified atom stereocenters. The minimum absolute atomic E-state index is 0.00695. The second-order valence-electron chi connectivity index (χ2n) is 33.8. The van der Waals surface area contributed by atoms with Crippen molar-refractivity contribution in [2.75, 3.05) is 52.5 Å². The standard InChI is InChI=1S/C30H32N4O2.2C26H28N6O2.C23H22N6O2/c35-19-18-34-28-16-17-33(21-26(24-12-6-2-7-13-24)25-14-8-3-9-15-25)22-27(28)29(32-34)30(36)31-20-23-10-4-1-5-11-23;33-14-13-31-24-11-12-30(17-21-16-28-32(18-21)22-9-5-2-6-10-22)19-23(24)25(29-31)26(34)27-15-20-7-3-1-4-8-20;33-16-15-32-23-11-14-30(18-21-9-6-13-31(21)24-10-4-5-12-27-24)19-22(23)25(29-32)26(34)28-17-20-7-2-1-3-8-20;1-28-19-11-12-29(23(31)21-16-9-5-6-10-18(16)25-26-21)14-17(19)20(27-28)22(30)24-13-15-7-3-2-4-8-15/h1-15,26,35H,16-22H2,(H,31,36);1-10,16,18,33H,11-15,17,19H2,(H,27,34);1-10,12-13,33H,11,14-19H2,(H,28,34);2-10H,11-14H2,1H3,(H,24,30)(H,25,26). The van der Waals surface area contributed by atoms with E-state index >= 15 is 0 Å². The van der Waals surface area contributed by atoms with Gasteiger partial charge in [-0.25, -0.2) is 9.67 Å². The number of para-hydroxylation sites is 2. The number of pyridine rings is 1. The van der Waals surface area contributed by atoms with Gasteiger partial charge in [0.25, 0.3) is 29.5 Å². The monoisotopic (exact) mass is 1810 g/mol. The zero-order valence-corrected chi connectivity index (χ0v) is 75.5. The van der Waals surface area contributed by atoms with Crippen molar-refractivity contribution in [1.82, 2.24) is 110 Å². The van der Waals surface area contributed by atoms with Crippen molar-refractivity contribution >= 4 is 40.4 Å². The first-order chi connectivity index (χ1) is 66.3. The van der Waals surface area contributed by atoms with Crippen LogP contribution in [0.4, 0.5) is 0 Å². The molecule has 8 aromatic heterocycles. The van der Waals surface area contributed by atoms with E-state index in [-0.39, 0.29) is 55.3 Å². The zero-order valence-electron chi connectivity index (χ0n) is 75.5. The maximum Gasteiger partial charge on any atom is 0.275 e. The average molecular weight is 1810 g/mol. The van der Waals surface area contributed by atoms with Crippen molar-refractivity contribution in [3.63, 3.8) is 0 Å². The number of carbonyl (C=O) groups is 5. The van der Waals surface area contributed by atoms with Crippen LogP contribution in [0.25, 0.3) is 22.4 Å². The summed E-state index contributed by atoms with van der Waals surface area (Å²) in [6, 6.07) is 88.1. The maximum absolute atomic E-state index is 13.2. The van der Waals surface area contributed by atoms with E-state index in [9.17, 15) is 39.3 Å². The summed E-state index contributed by atoms with van der Waals surface area (Å²) in [4.78, 5) is 78.7. The highest BCUT2D eigenvalue weighted by atomic mass is 16.3. The second-order valence-corrected chi connectivity index (χ2v) is 33.8. The number of aliphatic hydroxyl groups is 3. The molecule has 8 aromatic carbocycles. The Kier molecular flexibility index (Phi) is 30.1. The summed E-state index contributed by atoms with van der Waals surface area (Å²) in [6.07, 6.45) is 10.7. The molecule has 0 radical (unpaired) electrons. The number of aromatic nitrogens is 14. The fourth-order valence-electron chi connectivity index (χ4n) is 18.1. The number of hydrogen-bond acceptors (Lipinski definition) is 18. The van der Waals surface area contributed by atoms with Crippen LogP contribution in [0.3, 0.4) is 0 Å². The van der Waals surface area contributed by atoms with Gasteiger partial charge in [-0.05, 0) is 75.8 Å². The minimum atomic E-state index is -0.236. The molecule has 0 fully saturated rings. The number of nitrogens with zero attached hydrogens (tertiary/aromatic N) is 17. The number of H-pyrrole nitrogens is 1. The molecule has 4 aliphatic rings. The number of fused-ring (bicyclic) bond motifs is 5. The number of nitrogens with one attached hydrogen (secondary N) is 5. The van der Waals surface area contributed by atoms with Gasteiger partial charge in [0.2, 0.25) is 0 Å². The van der Waals surface area contributed by atoms with E-state index in [1.807, 2.05) is 235 Å². The van der Waals surface area contributed by atoms with Gasteiger partial charge in [0.15, 0.2) is 28.5 Å². The summed E-state index contributed by atoms with van der Waals surface area (Å²) in [7, 11) is 1.84. The number of carbonyl (C=O) groups excluding carboxylic acids is 5. The number of benzene rings is 8. The lowest BCUT2D eigenvalue weighted by molar-refractivity contribution is 0.0726. The van der Waals surface area contributed by atoms with Crippen LogP contribution in [0.1, 0.15) is 148 Å². The Hall–Kier alpha value is -15.2. The summed E-state index contributed by atoms with van der Waals surface area (Å²) >= 11 is 0. The van der Waals surface area contributed by atoms with Crippen molar-refractivity contribution in [1.29, 1.82) is 0 Å². The van der Waals surface area contributed by atoms with E-state index in [0.717, 1.165) is 159 Å². The second kappa shape index (κ2) is 44.4. The molecule has 0 bridgehead atoms. The van der Waals surface area contributed by atoms with Crippen molar-refractivity contribution < 1.29 is 39.3 Å². The summed E-state index contributed by atoms with van der Waals surface area (Å²) < 4.78 is 11.1. The molecule has 30 heteroatoms. The normalized spacial score (nSPS) is 13.5. The van der Waals surface area contributed by atoms with Crippen LogP contribution in [0.5, 0.6) is 0 Å². The van der Waals surface area contributed by atoms with Crippen LogP contribution in [0.2, 0.25) is 0 Å². The predicted octanol–water partition coefficient (Wildman–Crippen LogP) is 11.5. The molecule has 0 atom stereocenters. The highest BCUT2D eigenvalue weighted by Gasteiger charge is 2.35. The molecule has 8 N–H and O–H groups in total. The Morgan fingerprint density at radius 3 is 1.30 bits per heavy atom. The Labute approximate surface area is 782 Å². The third-order valence-corrected chi connectivity index (χ3v) is 24.8. The summed E-state index contributed by atoms with van der Waals surface area (Å²) in [6.45, 7) is 10.6. The predicted molar refractivity (Wildman–Crippen MR) is 513 cm³/mol. The SMILES string of the molecule is Cn1nc(C(=O)NCc2ccccc2)c2c1CCN(C(=O)c1n[nH]c3ccccc13)C2.O=C(NCc1ccccc1)c1nn(CCO)c2c1CN(CC(c1ccccc1)c1ccccc1)CC2.O=C(NCc1ccccc1)c1nn(CCO)c2c1CN(Cc1cccn1-c1ccccn1)CC2.O=C(NCc1ccccc1)c1nn(CCO)c2c1CN(Cc1cnn(-c3ccccc3)c1)CC2. The summed E-state index contributed by atoms with van der Waals surface area (Å²) in [5, 5.41) is 71.3. The average Bonchev–Trinajstić information content (AvgIpc) is 1.64. The van der Waals surface area contributed by atoms with Gasteiger partial charge in [0.1, 0.15) is 5.82 Å². The number of rotatable bonds is 29. The van der Waals surface area contributed by atoms with E-state index in [0.29, 0.717) is 113 Å². The Morgan fingerprint density at radius 1 is 0.407 bits per heavy atom. The lowest BCUT2D eigenvalue weighted by atomic mass is 9.90. The number of aromatic amines is 1. The Morgan fingerprint density at radius 2 is 0.822 bits per heavy atom. The van der Waals surface area contributed by atoms with Crippen LogP contribution in [0.15, 0.2) is 292 Å². The fraction of sp³-hybridized carbons (Fsp3) is 0.257. The molecule has 0 aliphatic carbocycles. The first-order valence-electron chi connectivity index (χ1n) is 45.9. The molecule has 0 saturated heterocycles. The lowest BCUT2D eigenvalue weighted by Gasteiger charge is -2.31. The van der Waals surface area contributed by atoms with Crippen molar-refractivity contribution in [2.24, 2.45) is 7.05 Å². The van der Waals surface area contributed by atoms with E-state index < -0.39 is 0 Å². The molecule has 5 amide bonds. The van der Waals surface area contributed by atoms with Crippen LogP contribution in [-0.4, -0.2) is 186 Å². The highest BCUT2D eigenvalue weighted by Crippen LogP contribution is 2.33. The van der Waals surface area contributed by atoms with Gasteiger partial charge in [-0.15, -0.1) is 0 Å². The quantitative estimate of drug-likeness (QED) is 0.0216. The molecule has 4 aliphatic heterocycles. The third-order valence-electron chi connectivity index (χ3n) is 24.8. The minimum Gasteiger partial charge on any atom is -0.394 e. The molecule has 0 spiro atoms. The molecule has 12 heterocycles. The van der Waals surface area contributed by atoms with Crippen LogP contribution in [-0.2, 0) is 118 Å². The van der Waals surface area contributed by atoms with Gasteiger partial charge < -0.3 is 46.1 Å². The van der Waals surface area contributed by atoms with E-state index in [2.05, 4.69) is 148 Å². The van der Waals surface area contributed by atoms with Gasteiger partial charge in [-0.1, -0.05) is 224 Å². The molecule has 20 rings (SSSR count). The van der Waals surface area contributed by atoms with Crippen LogP contribution >= 0.6 is 0 Å². The van der Waals surface area contributed by atoms with Gasteiger partial charge in [-0.2, -0.15) is 30.6 Å². The maximum atomic E-state index is 13.2. The van der Waals surface area contributed by atoms with Gasteiger partial charge in [0, 0.05) is 211 Å². The van der Waals surface area contributed by atoms with E-state index in [1.165, 1.54) is 11.1 Å². The molecular weight excluding hydrogens is 1700 g/mol. The van der Waals surface area contributed by atoms with Crippen LogP contribution in [0, 0.1) is 0 Å². The topological polar surface area (TPSA) is 343 Å². The summed E-state index contributed by atoms with van der Waals surface area (Å²) in [5.41, 5.74) is 20.7. The molecule has 0 saturated carbocycles. The highest BCUT2D eigenvalue weighted by molar-refractivity contribution is 6.05. The summed E-state index contributed by atoms with van der Waals surface area (Å²) in [5.74, 6) is 0.193.